The molecule has 6 heteroatoms. The van der Waals surface area contributed by atoms with Gasteiger partial charge in [0.05, 0.1) is 0 Å². The number of benzene rings is 1. The van der Waals surface area contributed by atoms with Gasteiger partial charge in [0.1, 0.15) is 6.61 Å². The van der Waals surface area contributed by atoms with Gasteiger partial charge < -0.3 is 15.4 Å². The van der Waals surface area contributed by atoms with E-state index in [-0.39, 0.29) is 36.9 Å². The highest BCUT2D eigenvalue weighted by Crippen LogP contribution is 2.12. The van der Waals surface area contributed by atoms with Gasteiger partial charge in [0.15, 0.2) is 0 Å². The molecule has 6 nitrogen and oxygen atoms in total. The topological polar surface area (TPSA) is 84.5 Å². The van der Waals surface area contributed by atoms with Crippen molar-refractivity contribution in [3.63, 3.8) is 0 Å². The summed E-state index contributed by atoms with van der Waals surface area (Å²) >= 11 is 0. The third-order valence-electron chi connectivity index (χ3n) is 3.17. The van der Waals surface area contributed by atoms with Crippen LogP contribution in [0.5, 0.6) is 0 Å². The molecule has 1 unspecified atom stereocenters. The van der Waals surface area contributed by atoms with Gasteiger partial charge in [-0.25, -0.2) is 0 Å². The molecule has 0 saturated carbocycles. The molecule has 0 heterocycles. The van der Waals surface area contributed by atoms with E-state index in [0.717, 1.165) is 5.56 Å². The van der Waals surface area contributed by atoms with Crippen molar-refractivity contribution in [2.75, 3.05) is 5.32 Å². The first-order valence-electron chi connectivity index (χ1n) is 7.14. The fraction of sp³-hybridized carbons (Fsp3) is 0.438. The van der Waals surface area contributed by atoms with Crippen LogP contribution in [0, 0.1) is 5.92 Å². The number of nitrogens with one attached hydrogen (secondary N) is 2. The van der Waals surface area contributed by atoms with Crippen molar-refractivity contribution < 1.29 is 19.1 Å². The Morgan fingerprint density at radius 3 is 2.36 bits per heavy atom. The minimum Gasteiger partial charge on any atom is -0.461 e. The maximum atomic E-state index is 12.0. The van der Waals surface area contributed by atoms with Crippen molar-refractivity contribution in [1.82, 2.24) is 5.32 Å². The normalized spacial score (nSPS) is 11.6. The monoisotopic (exact) mass is 306 g/mol. The highest BCUT2D eigenvalue weighted by atomic mass is 16.5. The Labute approximate surface area is 130 Å². The van der Waals surface area contributed by atoms with E-state index in [1.165, 1.54) is 6.92 Å². The number of rotatable bonds is 8. The van der Waals surface area contributed by atoms with E-state index in [2.05, 4.69) is 10.6 Å². The lowest BCUT2D eigenvalue weighted by Crippen LogP contribution is -2.36. The fourth-order valence-corrected chi connectivity index (χ4v) is 1.86. The zero-order valence-electron chi connectivity index (χ0n) is 13.1. The molecular formula is C16H22N2O4. The van der Waals surface area contributed by atoms with Crippen molar-refractivity contribution in [2.45, 2.75) is 39.8 Å². The summed E-state index contributed by atoms with van der Waals surface area (Å²) in [5.41, 5.74) is 1.50. The summed E-state index contributed by atoms with van der Waals surface area (Å²) in [5, 5.41) is 5.42. The predicted octanol–water partition coefficient (Wildman–Crippen LogP) is 1.85. The second-order valence-corrected chi connectivity index (χ2v) is 5.36. The molecule has 0 aliphatic heterocycles. The number of amides is 2. The highest BCUT2D eigenvalue weighted by molar-refractivity contribution is 5.91. The molecule has 1 aromatic rings. The number of anilines is 1. The molecule has 0 radical (unpaired) electrons. The average molecular weight is 306 g/mol. The number of esters is 1. The van der Waals surface area contributed by atoms with Crippen molar-refractivity contribution in [1.29, 1.82) is 0 Å². The standard InChI is InChI=1S/C16H22N2O4/c1-11(2)15(17-10-19)8-16(21)18-14-6-4-13(5-7-14)9-22-12(3)20/h4-7,10-11,15H,8-9H2,1-3H3,(H,17,19)(H,18,21). The summed E-state index contributed by atoms with van der Waals surface area (Å²) < 4.78 is 4.89. The van der Waals surface area contributed by atoms with Crippen molar-refractivity contribution >= 4 is 24.0 Å². The minimum absolute atomic E-state index is 0.166. The quantitative estimate of drug-likeness (QED) is 0.567. The zero-order valence-corrected chi connectivity index (χ0v) is 13.1. The molecule has 1 rings (SSSR count). The van der Waals surface area contributed by atoms with E-state index in [1.54, 1.807) is 24.3 Å². The van der Waals surface area contributed by atoms with Crippen LogP contribution < -0.4 is 10.6 Å². The molecule has 1 aromatic carbocycles. The molecule has 0 aliphatic carbocycles. The van der Waals surface area contributed by atoms with Gasteiger partial charge in [-0.3, -0.25) is 14.4 Å². The van der Waals surface area contributed by atoms with E-state index in [0.29, 0.717) is 12.1 Å². The van der Waals surface area contributed by atoms with Crippen molar-refractivity contribution in [2.24, 2.45) is 5.92 Å². The Balaban J connectivity index is 2.53. The van der Waals surface area contributed by atoms with Gasteiger partial charge in [-0.15, -0.1) is 0 Å². The molecule has 1 atom stereocenters. The van der Waals surface area contributed by atoms with Crippen LogP contribution >= 0.6 is 0 Å². The Morgan fingerprint density at radius 2 is 1.86 bits per heavy atom. The van der Waals surface area contributed by atoms with E-state index in [1.807, 2.05) is 13.8 Å². The zero-order chi connectivity index (χ0) is 16.5. The maximum Gasteiger partial charge on any atom is 0.302 e. The molecule has 0 fully saturated rings. The molecule has 0 spiro atoms. The molecule has 0 saturated heterocycles. The second kappa shape index (κ2) is 8.81. The lowest BCUT2D eigenvalue weighted by Gasteiger charge is -2.19. The first-order valence-corrected chi connectivity index (χ1v) is 7.14. The minimum atomic E-state index is -0.334. The summed E-state index contributed by atoms with van der Waals surface area (Å²) in [4.78, 5) is 33.2. The largest absolute Gasteiger partial charge is 0.461 e. The third kappa shape index (κ3) is 6.39. The first kappa shape index (κ1) is 17.7. The number of carbonyl (C=O) groups excluding carboxylic acids is 3. The number of ether oxygens (including phenoxy) is 1. The van der Waals surface area contributed by atoms with Crippen LogP contribution in [0.15, 0.2) is 24.3 Å². The van der Waals surface area contributed by atoms with Crippen LogP contribution in [-0.4, -0.2) is 24.3 Å². The van der Waals surface area contributed by atoms with Gasteiger partial charge in [0, 0.05) is 25.1 Å². The lowest BCUT2D eigenvalue weighted by molar-refractivity contribution is -0.142. The summed E-state index contributed by atoms with van der Waals surface area (Å²) in [7, 11) is 0. The SMILES string of the molecule is CC(=O)OCc1ccc(NC(=O)CC(NC=O)C(C)C)cc1. The summed E-state index contributed by atoms with van der Waals surface area (Å²) in [6, 6.07) is 6.85. The molecule has 0 aliphatic rings. The van der Waals surface area contributed by atoms with Gasteiger partial charge in [-0.05, 0) is 23.6 Å². The van der Waals surface area contributed by atoms with Crippen LogP contribution in [0.25, 0.3) is 0 Å². The summed E-state index contributed by atoms with van der Waals surface area (Å²) in [6.45, 7) is 5.45. The molecule has 2 amide bonds. The van der Waals surface area contributed by atoms with Crippen LogP contribution in [0.4, 0.5) is 5.69 Å². The highest BCUT2D eigenvalue weighted by Gasteiger charge is 2.16. The number of carbonyl (C=O) groups is 3. The van der Waals surface area contributed by atoms with Gasteiger partial charge >= 0.3 is 5.97 Å². The predicted molar refractivity (Wildman–Crippen MR) is 83.0 cm³/mol. The summed E-state index contributed by atoms with van der Waals surface area (Å²) in [5.74, 6) is -0.331. The van der Waals surface area contributed by atoms with Crippen molar-refractivity contribution in [3.05, 3.63) is 29.8 Å². The molecule has 0 aromatic heterocycles. The van der Waals surface area contributed by atoms with E-state index >= 15 is 0 Å². The van der Waals surface area contributed by atoms with E-state index in [9.17, 15) is 14.4 Å². The van der Waals surface area contributed by atoms with Crippen LogP contribution in [0.3, 0.4) is 0 Å². The van der Waals surface area contributed by atoms with Crippen LogP contribution in [-0.2, 0) is 25.7 Å². The van der Waals surface area contributed by atoms with E-state index < -0.39 is 0 Å². The van der Waals surface area contributed by atoms with Gasteiger partial charge in [-0.1, -0.05) is 26.0 Å². The smallest absolute Gasteiger partial charge is 0.302 e. The average Bonchev–Trinajstić information content (AvgIpc) is 2.46. The third-order valence-corrected chi connectivity index (χ3v) is 3.17. The summed E-state index contributed by atoms with van der Waals surface area (Å²) in [6.07, 6.45) is 0.827. The second-order valence-electron chi connectivity index (χ2n) is 5.36. The first-order chi connectivity index (χ1) is 10.4. The molecule has 0 bridgehead atoms. The van der Waals surface area contributed by atoms with E-state index in [4.69, 9.17) is 4.74 Å². The molecule has 120 valence electrons. The van der Waals surface area contributed by atoms with Gasteiger partial charge in [0.2, 0.25) is 12.3 Å². The van der Waals surface area contributed by atoms with Gasteiger partial charge in [-0.2, -0.15) is 0 Å². The fourth-order valence-electron chi connectivity index (χ4n) is 1.86. The van der Waals surface area contributed by atoms with Crippen LogP contribution in [0.1, 0.15) is 32.8 Å². The number of hydrogen-bond donors (Lipinski definition) is 2. The lowest BCUT2D eigenvalue weighted by atomic mass is 10.0. The van der Waals surface area contributed by atoms with Gasteiger partial charge in [0.25, 0.3) is 0 Å². The Hall–Kier alpha value is -2.37. The number of hydrogen-bond acceptors (Lipinski definition) is 4. The Bertz CT molecular complexity index is 511. The molecule has 2 N–H and O–H groups in total. The Kier molecular flexibility index (Phi) is 7.08. The maximum absolute atomic E-state index is 12.0. The molecule has 22 heavy (non-hydrogen) atoms. The van der Waals surface area contributed by atoms with Crippen LogP contribution in [0.2, 0.25) is 0 Å². The van der Waals surface area contributed by atoms with Crippen molar-refractivity contribution in [3.8, 4) is 0 Å². The Morgan fingerprint density at radius 1 is 1.23 bits per heavy atom. The molecular weight excluding hydrogens is 284 g/mol.